The van der Waals surface area contributed by atoms with Crippen LogP contribution in [-0.4, -0.2) is 46.6 Å². The average molecular weight is 297 g/mol. The maximum Gasteiger partial charge on any atom is 0.317 e. The Balaban J connectivity index is 1.74. The molecule has 0 spiro atoms. The minimum absolute atomic E-state index is 0.182. The number of rotatable bonds is 4. The number of urea groups is 1. The van der Waals surface area contributed by atoms with Crippen LogP contribution in [0.25, 0.3) is 0 Å². The van der Waals surface area contributed by atoms with E-state index in [0.29, 0.717) is 32.5 Å². The number of nitrogens with zero attached hydrogens (tertiary/aromatic N) is 2. The first-order chi connectivity index (χ1) is 9.47. The van der Waals surface area contributed by atoms with Gasteiger partial charge in [0.05, 0.1) is 16.6 Å². The second-order valence-corrected chi connectivity index (χ2v) is 6.29. The van der Waals surface area contributed by atoms with Crippen molar-refractivity contribution in [2.45, 2.75) is 26.7 Å². The summed E-state index contributed by atoms with van der Waals surface area (Å²) in [7, 11) is 0. The summed E-state index contributed by atoms with van der Waals surface area (Å²) in [6.45, 7) is 5.35. The Bertz CT molecular complexity index is 495. The zero-order chi connectivity index (χ0) is 14.7. The first kappa shape index (κ1) is 14.8. The lowest BCUT2D eigenvalue weighted by molar-refractivity contribution is -0.141. The van der Waals surface area contributed by atoms with Crippen LogP contribution in [0.3, 0.4) is 0 Å². The van der Waals surface area contributed by atoms with Crippen LogP contribution >= 0.6 is 11.3 Å². The second kappa shape index (κ2) is 6.21. The van der Waals surface area contributed by atoms with Crippen molar-refractivity contribution in [2.75, 3.05) is 19.6 Å². The topological polar surface area (TPSA) is 82.5 Å². The van der Waals surface area contributed by atoms with Gasteiger partial charge >= 0.3 is 12.0 Å². The largest absolute Gasteiger partial charge is 0.481 e. The highest BCUT2D eigenvalue weighted by Gasteiger charge is 2.30. The van der Waals surface area contributed by atoms with Crippen LogP contribution in [0.1, 0.15) is 22.0 Å². The number of likely N-dealkylation sites (tertiary alicyclic amines) is 1. The van der Waals surface area contributed by atoms with Crippen molar-refractivity contribution in [3.05, 3.63) is 15.6 Å². The normalized spacial score (nSPS) is 18.3. The summed E-state index contributed by atoms with van der Waals surface area (Å²) >= 11 is 1.65. The molecule has 6 nitrogen and oxygen atoms in total. The molecule has 2 heterocycles. The molecule has 7 heteroatoms. The molecule has 1 aromatic rings. The number of aromatic nitrogens is 1. The quantitative estimate of drug-likeness (QED) is 0.880. The number of thiazole rings is 1. The average Bonchev–Trinajstić information content (AvgIpc) is 2.97. The van der Waals surface area contributed by atoms with Crippen LogP contribution in [0.5, 0.6) is 0 Å². The molecule has 0 radical (unpaired) electrons. The number of carboxylic acid groups (broad SMARTS) is 1. The first-order valence-electron chi connectivity index (χ1n) is 6.66. The van der Waals surface area contributed by atoms with Crippen LogP contribution in [0.15, 0.2) is 0 Å². The van der Waals surface area contributed by atoms with E-state index in [1.165, 1.54) is 4.88 Å². The van der Waals surface area contributed by atoms with Crippen LogP contribution in [0, 0.1) is 19.8 Å². The SMILES string of the molecule is Cc1nc(CCNC(=O)N2CCC(C(=O)O)C2)sc1C. The summed E-state index contributed by atoms with van der Waals surface area (Å²) in [6, 6.07) is -0.182. The van der Waals surface area contributed by atoms with Crippen molar-refractivity contribution in [2.24, 2.45) is 5.92 Å². The minimum atomic E-state index is -0.825. The van der Waals surface area contributed by atoms with E-state index in [0.717, 1.165) is 10.7 Å². The van der Waals surface area contributed by atoms with Gasteiger partial charge in [-0.15, -0.1) is 11.3 Å². The highest BCUT2D eigenvalue weighted by atomic mass is 32.1. The molecule has 0 aromatic carbocycles. The molecule has 1 aromatic heterocycles. The predicted octanol–water partition coefficient (Wildman–Crippen LogP) is 1.42. The van der Waals surface area contributed by atoms with Gasteiger partial charge < -0.3 is 15.3 Å². The lowest BCUT2D eigenvalue weighted by atomic mass is 10.1. The van der Waals surface area contributed by atoms with Gasteiger partial charge in [0.15, 0.2) is 0 Å². The molecule has 1 aliphatic rings. The number of aliphatic carboxylic acids is 1. The molecule has 1 saturated heterocycles. The van der Waals surface area contributed by atoms with E-state index in [-0.39, 0.29) is 6.03 Å². The number of aryl methyl sites for hydroxylation is 2. The zero-order valence-electron chi connectivity index (χ0n) is 11.7. The Morgan fingerprint density at radius 3 is 2.80 bits per heavy atom. The van der Waals surface area contributed by atoms with Crippen molar-refractivity contribution >= 4 is 23.3 Å². The van der Waals surface area contributed by atoms with E-state index in [2.05, 4.69) is 10.3 Å². The van der Waals surface area contributed by atoms with Crippen LogP contribution < -0.4 is 5.32 Å². The maximum absolute atomic E-state index is 11.9. The number of hydrogen-bond donors (Lipinski definition) is 2. The lowest BCUT2D eigenvalue weighted by Gasteiger charge is -2.16. The molecule has 0 saturated carbocycles. The molecule has 2 amide bonds. The van der Waals surface area contributed by atoms with Gasteiger partial charge in [-0.3, -0.25) is 4.79 Å². The molecule has 20 heavy (non-hydrogen) atoms. The highest BCUT2D eigenvalue weighted by molar-refractivity contribution is 7.11. The highest BCUT2D eigenvalue weighted by Crippen LogP contribution is 2.17. The van der Waals surface area contributed by atoms with E-state index >= 15 is 0 Å². The monoisotopic (exact) mass is 297 g/mol. The molecule has 1 aliphatic heterocycles. The summed E-state index contributed by atoms with van der Waals surface area (Å²) in [4.78, 5) is 29.9. The third-order valence-corrected chi connectivity index (χ3v) is 4.65. The summed E-state index contributed by atoms with van der Waals surface area (Å²) < 4.78 is 0. The van der Waals surface area contributed by atoms with Crippen molar-refractivity contribution in [3.63, 3.8) is 0 Å². The van der Waals surface area contributed by atoms with E-state index < -0.39 is 11.9 Å². The Hall–Kier alpha value is -1.63. The Labute approximate surface area is 121 Å². The van der Waals surface area contributed by atoms with Crippen molar-refractivity contribution in [3.8, 4) is 0 Å². The Morgan fingerprint density at radius 2 is 2.25 bits per heavy atom. The van der Waals surface area contributed by atoms with E-state index in [4.69, 9.17) is 5.11 Å². The lowest BCUT2D eigenvalue weighted by Crippen LogP contribution is -2.39. The molecular weight excluding hydrogens is 278 g/mol. The third-order valence-electron chi connectivity index (χ3n) is 3.51. The van der Waals surface area contributed by atoms with Gasteiger partial charge in [-0.25, -0.2) is 9.78 Å². The van der Waals surface area contributed by atoms with Crippen LogP contribution in [-0.2, 0) is 11.2 Å². The molecule has 2 N–H and O–H groups in total. The van der Waals surface area contributed by atoms with Gasteiger partial charge in [-0.1, -0.05) is 0 Å². The van der Waals surface area contributed by atoms with E-state index in [1.807, 2.05) is 13.8 Å². The zero-order valence-corrected chi connectivity index (χ0v) is 12.5. The number of hydrogen-bond acceptors (Lipinski definition) is 4. The van der Waals surface area contributed by atoms with Gasteiger partial charge in [-0.2, -0.15) is 0 Å². The summed E-state index contributed by atoms with van der Waals surface area (Å²) in [6.07, 6.45) is 1.24. The summed E-state index contributed by atoms with van der Waals surface area (Å²) in [5.41, 5.74) is 1.04. The van der Waals surface area contributed by atoms with Gasteiger partial charge in [-0.05, 0) is 20.3 Å². The number of amides is 2. The predicted molar refractivity (Wildman–Crippen MR) is 76.0 cm³/mol. The standard InChI is InChI=1S/C13H19N3O3S/c1-8-9(2)20-11(15-8)3-5-14-13(19)16-6-4-10(7-16)12(17)18/h10H,3-7H2,1-2H3,(H,14,19)(H,17,18). The van der Waals surface area contributed by atoms with E-state index in [1.54, 1.807) is 16.2 Å². The molecule has 1 atom stereocenters. The van der Waals surface area contributed by atoms with Gasteiger partial charge in [0.25, 0.3) is 0 Å². The van der Waals surface area contributed by atoms with E-state index in [9.17, 15) is 9.59 Å². The first-order valence-corrected chi connectivity index (χ1v) is 7.47. The van der Waals surface area contributed by atoms with Crippen molar-refractivity contribution < 1.29 is 14.7 Å². The fraction of sp³-hybridized carbons (Fsp3) is 0.615. The molecule has 110 valence electrons. The minimum Gasteiger partial charge on any atom is -0.481 e. The third kappa shape index (κ3) is 3.47. The molecule has 1 fully saturated rings. The molecule has 0 bridgehead atoms. The van der Waals surface area contributed by atoms with Crippen LogP contribution in [0.4, 0.5) is 4.79 Å². The Kier molecular flexibility index (Phi) is 4.59. The van der Waals surface area contributed by atoms with Crippen molar-refractivity contribution in [1.82, 2.24) is 15.2 Å². The number of carbonyl (C=O) groups excluding carboxylic acids is 1. The molecule has 0 aliphatic carbocycles. The van der Waals surface area contributed by atoms with Gasteiger partial charge in [0.2, 0.25) is 0 Å². The summed E-state index contributed by atoms with van der Waals surface area (Å²) in [5, 5.41) is 12.7. The fourth-order valence-electron chi connectivity index (χ4n) is 2.18. The molecule has 2 rings (SSSR count). The van der Waals surface area contributed by atoms with Gasteiger partial charge in [0.1, 0.15) is 0 Å². The fourth-order valence-corrected chi connectivity index (χ4v) is 3.11. The molecule has 1 unspecified atom stereocenters. The number of carbonyl (C=O) groups is 2. The van der Waals surface area contributed by atoms with Crippen LogP contribution in [0.2, 0.25) is 0 Å². The molecular formula is C13H19N3O3S. The van der Waals surface area contributed by atoms with Gasteiger partial charge in [0, 0.05) is 30.9 Å². The smallest absolute Gasteiger partial charge is 0.317 e. The number of nitrogens with one attached hydrogen (secondary N) is 1. The number of carboxylic acids is 1. The Morgan fingerprint density at radius 1 is 1.50 bits per heavy atom. The maximum atomic E-state index is 11.9. The summed E-state index contributed by atoms with van der Waals surface area (Å²) in [5.74, 6) is -1.25. The van der Waals surface area contributed by atoms with Crippen molar-refractivity contribution in [1.29, 1.82) is 0 Å². The second-order valence-electron chi connectivity index (χ2n) is 5.00.